The van der Waals surface area contributed by atoms with Crippen molar-refractivity contribution in [1.29, 1.82) is 0 Å². The van der Waals surface area contributed by atoms with Crippen molar-refractivity contribution in [2.75, 3.05) is 13.7 Å². The Balaban J connectivity index is 2.68. The quantitative estimate of drug-likeness (QED) is 0.797. The van der Waals surface area contributed by atoms with Crippen molar-refractivity contribution in [2.24, 2.45) is 5.92 Å². The first-order chi connectivity index (χ1) is 8.58. The molecule has 0 radical (unpaired) electrons. The highest BCUT2D eigenvalue weighted by Gasteiger charge is 2.13. The molecule has 0 saturated heterocycles. The molecule has 1 aromatic rings. The zero-order valence-corrected chi connectivity index (χ0v) is 12.4. The summed E-state index contributed by atoms with van der Waals surface area (Å²) in [7, 11) is 1.75. The Hall–Kier alpha value is -1.02. The Bertz CT molecular complexity index is 360. The number of ether oxygens (including phenoxy) is 1. The maximum atomic E-state index is 5.43. The molecule has 0 bridgehead atoms. The molecule has 0 saturated carbocycles. The lowest BCUT2D eigenvalue weighted by Gasteiger charge is -2.22. The third-order valence-electron chi connectivity index (χ3n) is 3.43. The Labute approximate surface area is 112 Å². The van der Waals surface area contributed by atoms with Crippen LogP contribution in [0.2, 0.25) is 0 Å². The van der Waals surface area contributed by atoms with Crippen LogP contribution in [-0.4, -0.2) is 19.7 Å². The van der Waals surface area contributed by atoms with Crippen molar-refractivity contribution >= 4 is 0 Å². The Kier molecular flexibility index (Phi) is 6.20. The smallest absolute Gasteiger partial charge is 0.122 e. The minimum Gasteiger partial charge on any atom is -0.496 e. The molecular weight excluding hydrogens is 222 g/mol. The summed E-state index contributed by atoms with van der Waals surface area (Å²) in [4.78, 5) is 0. The molecule has 0 aliphatic carbocycles. The molecule has 0 amide bonds. The summed E-state index contributed by atoms with van der Waals surface area (Å²) in [6.07, 6.45) is 2.23. The molecule has 0 aliphatic heterocycles. The predicted molar refractivity (Wildman–Crippen MR) is 78.4 cm³/mol. The van der Waals surface area contributed by atoms with Gasteiger partial charge >= 0.3 is 0 Å². The average molecular weight is 249 g/mol. The van der Waals surface area contributed by atoms with Crippen LogP contribution in [0.25, 0.3) is 0 Å². The van der Waals surface area contributed by atoms with Gasteiger partial charge in [-0.05, 0) is 43.9 Å². The monoisotopic (exact) mass is 249 g/mol. The molecule has 1 atom stereocenters. The fourth-order valence-corrected chi connectivity index (χ4v) is 2.35. The molecule has 0 fully saturated rings. The van der Waals surface area contributed by atoms with Gasteiger partial charge in [0.25, 0.3) is 0 Å². The van der Waals surface area contributed by atoms with E-state index in [0.717, 1.165) is 25.1 Å². The van der Waals surface area contributed by atoms with Crippen LogP contribution in [-0.2, 0) is 6.42 Å². The number of hydrogen-bond donors (Lipinski definition) is 1. The summed E-state index contributed by atoms with van der Waals surface area (Å²) >= 11 is 0. The number of hydrogen-bond acceptors (Lipinski definition) is 2. The third kappa shape index (κ3) is 4.34. The normalized spacial score (nSPS) is 12.8. The van der Waals surface area contributed by atoms with Gasteiger partial charge in [-0.2, -0.15) is 0 Å². The van der Waals surface area contributed by atoms with Gasteiger partial charge < -0.3 is 10.1 Å². The highest BCUT2D eigenvalue weighted by atomic mass is 16.5. The predicted octanol–water partition coefficient (Wildman–Crippen LogP) is 3.57. The number of nitrogens with one attached hydrogen (secondary N) is 1. The summed E-state index contributed by atoms with van der Waals surface area (Å²) in [5, 5.41) is 3.56. The second-order valence-electron chi connectivity index (χ2n) is 5.26. The Morgan fingerprint density at radius 3 is 2.56 bits per heavy atom. The van der Waals surface area contributed by atoms with Crippen LogP contribution in [0.1, 0.15) is 38.3 Å². The van der Waals surface area contributed by atoms with Crippen LogP contribution in [0.4, 0.5) is 0 Å². The van der Waals surface area contributed by atoms with E-state index in [-0.39, 0.29) is 0 Å². The molecule has 0 heterocycles. The van der Waals surface area contributed by atoms with Crippen molar-refractivity contribution in [3.05, 3.63) is 29.3 Å². The van der Waals surface area contributed by atoms with E-state index in [0.29, 0.717) is 12.0 Å². The highest BCUT2D eigenvalue weighted by molar-refractivity contribution is 5.36. The molecule has 0 aliphatic rings. The van der Waals surface area contributed by atoms with Crippen LogP contribution < -0.4 is 10.1 Å². The van der Waals surface area contributed by atoms with E-state index in [1.54, 1.807) is 7.11 Å². The standard InChI is InChI=1S/C16H27NO/c1-6-17-15(12(2)3)9-8-14-11-13(4)7-10-16(14)18-5/h7,10-12,15,17H,6,8-9H2,1-5H3. The molecular formula is C16H27NO. The van der Waals surface area contributed by atoms with Gasteiger partial charge in [-0.15, -0.1) is 0 Å². The molecule has 18 heavy (non-hydrogen) atoms. The van der Waals surface area contributed by atoms with Crippen LogP contribution in [0, 0.1) is 12.8 Å². The van der Waals surface area contributed by atoms with Crippen LogP contribution in [0.15, 0.2) is 18.2 Å². The second kappa shape index (κ2) is 7.42. The van der Waals surface area contributed by atoms with E-state index in [9.17, 15) is 0 Å². The number of benzene rings is 1. The summed E-state index contributed by atoms with van der Waals surface area (Å²) in [5.41, 5.74) is 2.62. The first kappa shape index (κ1) is 15.0. The number of methoxy groups -OCH3 is 1. The first-order valence-electron chi connectivity index (χ1n) is 6.95. The lowest BCUT2D eigenvalue weighted by atomic mass is 9.95. The lowest BCUT2D eigenvalue weighted by Crippen LogP contribution is -2.34. The molecule has 2 heteroatoms. The van der Waals surface area contributed by atoms with E-state index in [1.165, 1.54) is 11.1 Å². The van der Waals surface area contributed by atoms with Gasteiger partial charge in [0.2, 0.25) is 0 Å². The Morgan fingerprint density at radius 2 is 2.00 bits per heavy atom. The summed E-state index contributed by atoms with van der Waals surface area (Å²) in [6, 6.07) is 7.00. The fraction of sp³-hybridized carbons (Fsp3) is 0.625. The average Bonchev–Trinajstić information content (AvgIpc) is 2.34. The minimum atomic E-state index is 0.584. The minimum absolute atomic E-state index is 0.584. The molecule has 1 rings (SSSR count). The highest BCUT2D eigenvalue weighted by Crippen LogP contribution is 2.22. The van der Waals surface area contributed by atoms with Gasteiger partial charge in [0.15, 0.2) is 0 Å². The first-order valence-corrected chi connectivity index (χ1v) is 6.95. The maximum Gasteiger partial charge on any atom is 0.122 e. The van der Waals surface area contributed by atoms with Crippen molar-refractivity contribution < 1.29 is 4.74 Å². The number of rotatable bonds is 7. The second-order valence-corrected chi connectivity index (χ2v) is 5.26. The van der Waals surface area contributed by atoms with Gasteiger partial charge in [0.05, 0.1) is 7.11 Å². The van der Waals surface area contributed by atoms with E-state index < -0.39 is 0 Å². The largest absolute Gasteiger partial charge is 0.496 e. The molecule has 1 aromatic carbocycles. The molecule has 1 unspecified atom stereocenters. The van der Waals surface area contributed by atoms with Crippen molar-refractivity contribution in [3.8, 4) is 5.75 Å². The van der Waals surface area contributed by atoms with Crippen molar-refractivity contribution in [2.45, 2.75) is 46.6 Å². The summed E-state index contributed by atoms with van der Waals surface area (Å²) in [6.45, 7) is 9.89. The van der Waals surface area contributed by atoms with Gasteiger partial charge in [0.1, 0.15) is 5.75 Å². The zero-order valence-electron chi connectivity index (χ0n) is 12.4. The molecule has 2 nitrogen and oxygen atoms in total. The SMILES string of the molecule is CCNC(CCc1cc(C)ccc1OC)C(C)C. The topological polar surface area (TPSA) is 21.3 Å². The number of aryl methyl sites for hydroxylation is 2. The molecule has 0 aromatic heterocycles. The van der Waals surface area contributed by atoms with Crippen LogP contribution in [0.5, 0.6) is 5.75 Å². The van der Waals surface area contributed by atoms with Crippen LogP contribution in [0.3, 0.4) is 0 Å². The van der Waals surface area contributed by atoms with E-state index in [4.69, 9.17) is 4.74 Å². The van der Waals surface area contributed by atoms with E-state index in [2.05, 4.69) is 51.2 Å². The van der Waals surface area contributed by atoms with E-state index >= 15 is 0 Å². The van der Waals surface area contributed by atoms with Crippen molar-refractivity contribution in [3.63, 3.8) is 0 Å². The van der Waals surface area contributed by atoms with Gasteiger partial charge in [-0.25, -0.2) is 0 Å². The summed E-state index contributed by atoms with van der Waals surface area (Å²) < 4.78 is 5.43. The van der Waals surface area contributed by atoms with Gasteiger partial charge in [0, 0.05) is 6.04 Å². The molecule has 0 spiro atoms. The summed E-state index contributed by atoms with van der Waals surface area (Å²) in [5.74, 6) is 1.68. The molecule has 1 N–H and O–H groups in total. The lowest BCUT2D eigenvalue weighted by molar-refractivity contribution is 0.377. The molecule has 102 valence electrons. The Morgan fingerprint density at radius 1 is 1.28 bits per heavy atom. The van der Waals surface area contributed by atoms with Gasteiger partial charge in [-0.1, -0.05) is 38.5 Å². The van der Waals surface area contributed by atoms with Crippen LogP contribution >= 0.6 is 0 Å². The van der Waals surface area contributed by atoms with Gasteiger partial charge in [-0.3, -0.25) is 0 Å². The maximum absolute atomic E-state index is 5.43. The van der Waals surface area contributed by atoms with Crippen molar-refractivity contribution in [1.82, 2.24) is 5.32 Å². The fourth-order valence-electron chi connectivity index (χ4n) is 2.35. The zero-order chi connectivity index (χ0) is 13.5. The third-order valence-corrected chi connectivity index (χ3v) is 3.43. The van der Waals surface area contributed by atoms with E-state index in [1.807, 2.05) is 0 Å².